The minimum absolute atomic E-state index is 0.906. The summed E-state index contributed by atoms with van der Waals surface area (Å²) < 4.78 is 2.27. The Labute approximate surface area is 157 Å². The molecular formula is C20H23N3S2. The average Bonchev–Trinajstić information content (AvgIpc) is 3.24. The van der Waals surface area contributed by atoms with Gasteiger partial charge in [0.05, 0.1) is 0 Å². The maximum absolute atomic E-state index is 4.56. The first-order valence-electron chi connectivity index (χ1n) is 8.97. The van der Waals surface area contributed by atoms with Crippen molar-refractivity contribution < 1.29 is 0 Å². The molecule has 0 amide bonds. The Hall–Kier alpha value is -1.59. The molecule has 5 heteroatoms. The second-order valence-electron chi connectivity index (χ2n) is 6.58. The summed E-state index contributed by atoms with van der Waals surface area (Å²) in [6.07, 6.45) is 5.04. The van der Waals surface area contributed by atoms with Crippen molar-refractivity contribution in [1.29, 1.82) is 0 Å². The summed E-state index contributed by atoms with van der Waals surface area (Å²) in [6, 6.07) is 8.74. The van der Waals surface area contributed by atoms with Gasteiger partial charge in [-0.15, -0.1) is 21.5 Å². The quantitative estimate of drug-likeness (QED) is 0.556. The molecule has 0 saturated heterocycles. The third-order valence-corrected chi connectivity index (χ3v) is 6.95. The van der Waals surface area contributed by atoms with Crippen LogP contribution in [0.25, 0.3) is 11.4 Å². The van der Waals surface area contributed by atoms with Gasteiger partial charge in [-0.2, -0.15) is 0 Å². The van der Waals surface area contributed by atoms with Crippen LogP contribution in [0.4, 0.5) is 0 Å². The highest BCUT2D eigenvalue weighted by atomic mass is 32.2. The van der Waals surface area contributed by atoms with Crippen molar-refractivity contribution in [2.24, 2.45) is 0 Å². The van der Waals surface area contributed by atoms with Crippen molar-refractivity contribution in [3.05, 3.63) is 51.2 Å². The molecule has 0 saturated carbocycles. The molecule has 3 aromatic rings. The van der Waals surface area contributed by atoms with Crippen molar-refractivity contribution >= 4 is 23.1 Å². The number of hydrogen-bond donors (Lipinski definition) is 0. The number of hydrogen-bond acceptors (Lipinski definition) is 4. The van der Waals surface area contributed by atoms with Gasteiger partial charge in [-0.25, -0.2) is 0 Å². The Bertz CT molecular complexity index is 862. The first-order chi connectivity index (χ1) is 12.3. The molecule has 130 valence electrons. The standard InChI is InChI=1S/C20H23N3S2/c1-3-23-19(17-13-24-18-7-5-4-6-16(17)18)21-22-20(23)25-12-15-10-8-14(2)9-11-15/h8-11,13H,3-7,12H2,1-2H3. The van der Waals surface area contributed by atoms with Gasteiger partial charge in [0.25, 0.3) is 0 Å². The van der Waals surface area contributed by atoms with E-state index in [1.165, 1.54) is 47.9 Å². The molecule has 0 fully saturated rings. The smallest absolute Gasteiger partial charge is 0.191 e. The van der Waals surface area contributed by atoms with Crippen molar-refractivity contribution in [1.82, 2.24) is 14.8 Å². The lowest BCUT2D eigenvalue weighted by Gasteiger charge is -2.13. The molecule has 0 bridgehead atoms. The van der Waals surface area contributed by atoms with E-state index in [1.54, 1.807) is 16.6 Å². The van der Waals surface area contributed by atoms with Crippen molar-refractivity contribution in [3.63, 3.8) is 0 Å². The van der Waals surface area contributed by atoms with Crippen LogP contribution in [0.15, 0.2) is 34.8 Å². The van der Waals surface area contributed by atoms with Gasteiger partial charge in [0.1, 0.15) is 0 Å². The number of aromatic nitrogens is 3. The summed E-state index contributed by atoms with van der Waals surface area (Å²) in [5, 5.41) is 12.4. The van der Waals surface area contributed by atoms with Crippen LogP contribution in [-0.4, -0.2) is 14.8 Å². The number of thioether (sulfide) groups is 1. The Morgan fingerprint density at radius 2 is 1.92 bits per heavy atom. The number of fused-ring (bicyclic) bond motifs is 1. The number of aryl methyl sites for hydroxylation is 2. The third-order valence-electron chi connectivity index (χ3n) is 4.82. The summed E-state index contributed by atoms with van der Waals surface area (Å²) in [5.41, 5.74) is 5.47. The summed E-state index contributed by atoms with van der Waals surface area (Å²) >= 11 is 3.68. The second-order valence-corrected chi connectivity index (χ2v) is 8.49. The molecule has 0 aliphatic heterocycles. The first kappa shape index (κ1) is 16.9. The fourth-order valence-electron chi connectivity index (χ4n) is 3.39. The minimum Gasteiger partial charge on any atom is -0.302 e. The van der Waals surface area contributed by atoms with E-state index < -0.39 is 0 Å². The molecule has 3 nitrogen and oxygen atoms in total. The lowest BCUT2D eigenvalue weighted by molar-refractivity contribution is 0.680. The second kappa shape index (κ2) is 7.34. The summed E-state index contributed by atoms with van der Waals surface area (Å²) in [5.74, 6) is 1.98. The molecule has 0 N–H and O–H groups in total. The van der Waals surface area contributed by atoms with Crippen LogP contribution in [0.1, 0.15) is 41.3 Å². The highest BCUT2D eigenvalue weighted by molar-refractivity contribution is 7.98. The molecular weight excluding hydrogens is 346 g/mol. The fourth-order valence-corrected chi connectivity index (χ4v) is 5.48. The monoisotopic (exact) mass is 369 g/mol. The van der Waals surface area contributed by atoms with E-state index in [2.05, 4.69) is 58.3 Å². The van der Waals surface area contributed by atoms with E-state index in [4.69, 9.17) is 0 Å². The molecule has 0 radical (unpaired) electrons. The minimum atomic E-state index is 0.906. The third kappa shape index (κ3) is 3.40. The van der Waals surface area contributed by atoms with Gasteiger partial charge in [-0.1, -0.05) is 41.6 Å². The molecule has 0 spiro atoms. The van der Waals surface area contributed by atoms with Crippen LogP contribution >= 0.6 is 23.1 Å². The van der Waals surface area contributed by atoms with E-state index in [1.807, 2.05) is 11.3 Å². The number of nitrogens with zero attached hydrogens (tertiary/aromatic N) is 3. The van der Waals surface area contributed by atoms with Gasteiger partial charge in [-0.3, -0.25) is 0 Å². The molecule has 2 aromatic heterocycles. The highest BCUT2D eigenvalue weighted by Crippen LogP contribution is 2.37. The first-order valence-corrected chi connectivity index (χ1v) is 10.8. The molecule has 4 rings (SSSR count). The van der Waals surface area contributed by atoms with Gasteiger partial charge < -0.3 is 4.57 Å². The van der Waals surface area contributed by atoms with Gasteiger partial charge in [-0.05, 0) is 50.7 Å². The molecule has 1 aliphatic carbocycles. The zero-order valence-electron chi connectivity index (χ0n) is 14.8. The number of benzene rings is 1. The molecule has 1 aliphatic rings. The number of rotatable bonds is 5. The summed E-state index contributed by atoms with van der Waals surface area (Å²) in [4.78, 5) is 1.56. The highest BCUT2D eigenvalue weighted by Gasteiger charge is 2.21. The van der Waals surface area contributed by atoms with Crippen molar-refractivity contribution in [2.75, 3.05) is 0 Å². The molecule has 25 heavy (non-hydrogen) atoms. The van der Waals surface area contributed by atoms with E-state index in [0.29, 0.717) is 0 Å². The van der Waals surface area contributed by atoms with Crippen LogP contribution < -0.4 is 0 Å². The van der Waals surface area contributed by atoms with Gasteiger partial charge in [0.2, 0.25) is 0 Å². The fraction of sp³-hybridized carbons (Fsp3) is 0.400. The maximum atomic E-state index is 4.56. The lowest BCUT2D eigenvalue weighted by atomic mass is 9.96. The molecule has 2 heterocycles. The maximum Gasteiger partial charge on any atom is 0.191 e. The van der Waals surface area contributed by atoms with E-state index in [0.717, 1.165) is 23.3 Å². The van der Waals surface area contributed by atoms with Crippen LogP contribution in [0, 0.1) is 6.92 Å². The predicted octanol–water partition coefficient (Wildman–Crippen LogP) is 5.51. The van der Waals surface area contributed by atoms with E-state index >= 15 is 0 Å². The van der Waals surface area contributed by atoms with Crippen molar-refractivity contribution in [3.8, 4) is 11.4 Å². The Kier molecular flexibility index (Phi) is 4.95. The van der Waals surface area contributed by atoms with Gasteiger partial charge in [0.15, 0.2) is 11.0 Å². The normalized spacial score (nSPS) is 13.8. The van der Waals surface area contributed by atoms with Crippen LogP contribution in [0.3, 0.4) is 0 Å². The molecule has 0 atom stereocenters. The Morgan fingerprint density at radius 1 is 1.12 bits per heavy atom. The Balaban J connectivity index is 1.59. The largest absolute Gasteiger partial charge is 0.302 e. The number of thiophene rings is 1. The van der Waals surface area contributed by atoms with Crippen LogP contribution in [0.2, 0.25) is 0 Å². The van der Waals surface area contributed by atoms with E-state index in [-0.39, 0.29) is 0 Å². The molecule has 1 aromatic carbocycles. The van der Waals surface area contributed by atoms with Gasteiger partial charge >= 0.3 is 0 Å². The zero-order chi connectivity index (χ0) is 17.2. The topological polar surface area (TPSA) is 30.7 Å². The van der Waals surface area contributed by atoms with Crippen LogP contribution in [-0.2, 0) is 25.1 Å². The Morgan fingerprint density at radius 3 is 2.72 bits per heavy atom. The molecule has 0 unspecified atom stereocenters. The average molecular weight is 370 g/mol. The van der Waals surface area contributed by atoms with E-state index in [9.17, 15) is 0 Å². The predicted molar refractivity (Wildman–Crippen MR) is 106 cm³/mol. The lowest BCUT2D eigenvalue weighted by Crippen LogP contribution is -2.03. The van der Waals surface area contributed by atoms with Gasteiger partial charge in [0, 0.05) is 28.1 Å². The van der Waals surface area contributed by atoms with Crippen molar-refractivity contribution in [2.45, 2.75) is 57.0 Å². The van der Waals surface area contributed by atoms with Crippen LogP contribution in [0.5, 0.6) is 0 Å². The summed E-state index contributed by atoms with van der Waals surface area (Å²) in [7, 11) is 0. The zero-order valence-corrected chi connectivity index (χ0v) is 16.4. The summed E-state index contributed by atoms with van der Waals surface area (Å²) in [6.45, 7) is 5.21. The SMILES string of the molecule is CCn1c(SCc2ccc(C)cc2)nnc1-c1csc2c1CCCC2.